The maximum atomic E-state index is 12.3. The largest absolute Gasteiger partial charge is 0.383 e. The number of hydrogen-bond donors (Lipinski definition) is 2. The molecule has 0 saturated carbocycles. The fourth-order valence-corrected chi connectivity index (χ4v) is 3.50. The summed E-state index contributed by atoms with van der Waals surface area (Å²) >= 11 is 0. The maximum Gasteiger partial charge on any atom is 0.220 e. The van der Waals surface area contributed by atoms with Gasteiger partial charge in [0, 0.05) is 18.5 Å². The van der Waals surface area contributed by atoms with E-state index in [2.05, 4.69) is 22.2 Å². The number of nitrogens with two attached hydrogens (primary N) is 1. The molecule has 7 heteroatoms. The predicted molar refractivity (Wildman–Crippen MR) is 121 cm³/mol. The number of aryl methyl sites for hydroxylation is 1. The van der Waals surface area contributed by atoms with Crippen molar-refractivity contribution in [3.8, 4) is 11.3 Å². The quantitative estimate of drug-likeness (QED) is 0.517. The Morgan fingerprint density at radius 2 is 1.87 bits per heavy atom. The predicted octanol–water partition coefficient (Wildman–Crippen LogP) is 4.21. The number of rotatable bonds is 9. The first kappa shape index (κ1) is 21.7. The minimum absolute atomic E-state index is 0.0727. The zero-order chi connectivity index (χ0) is 21.7. The number of unbranched alkanes of at least 4 members (excludes halogenated alkanes) is 3. The van der Waals surface area contributed by atoms with E-state index in [0.717, 1.165) is 35.9 Å². The van der Waals surface area contributed by atoms with Crippen molar-refractivity contribution in [3.05, 3.63) is 36.2 Å². The minimum atomic E-state index is -0.485. The molecule has 160 valence electrons. The highest BCUT2D eigenvalue weighted by molar-refractivity contribution is 5.98. The van der Waals surface area contributed by atoms with Crippen molar-refractivity contribution in [3.63, 3.8) is 0 Å². The lowest BCUT2D eigenvalue weighted by Gasteiger charge is -2.26. The summed E-state index contributed by atoms with van der Waals surface area (Å²) in [7, 11) is 0. The molecule has 2 heterocycles. The Labute approximate surface area is 178 Å². The van der Waals surface area contributed by atoms with Crippen molar-refractivity contribution in [1.82, 2.24) is 25.1 Å². The third-order valence-electron chi connectivity index (χ3n) is 5.37. The summed E-state index contributed by atoms with van der Waals surface area (Å²) in [5.41, 5.74) is 9.28. The van der Waals surface area contributed by atoms with Crippen LogP contribution in [0.4, 0.5) is 5.82 Å². The van der Waals surface area contributed by atoms with Crippen LogP contribution in [0, 0.1) is 6.92 Å². The number of benzene rings is 1. The molecule has 2 aromatic heterocycles. The SMILES string of the molecule is CCCCCCC(=O)NCC(C)(C)n1nc(-c2ccc(C)cc2)c2c(N)ncnc21. The second-order valence-corrected chi connectivity index (χ2v) is 8.48. The van der Waals surface area contributed by atoms with E-state index in [1.807, 2.05) is 49.7 Å². The van der Waals surface area contributed by atoms with Gasteiger partial charge in [-0.3, -0.25) is 4.79 Å². The van der Waals surface area contributed by atoms with Crippen molar-refractivity contribution >= 4 is 22.8 Å². The Kier molecular flexibility index (Phi) is 6.70. The number of amides is 1. The molecule has 3 rings (SSSR count). The third kappa shape index (κ3) is 4.78. The number of carbonyl (C=O) groups is 1. The van der Waals surface area contributed by atoms with Crippen molar-refractivity contribution in [2.75, 3.05) is 12.3 Å². The summed E-state index contributed by atoms with van der Waals surface area (Å²) in [6.07, 6.45) is 6.35. The van der Waals surface area contributed by atoms with Crippen molar-refractivity contribution in [1.29, 1.82) is 0 Å². The number of nitrogen functional groups attached to an aromatic ring is 1. The third-order valence-corrected chi connectivity index (χ3v) is 5.37. The van der Waals surface area contributed by atoms with Gasteiger partial charge in [-0.2, -0.15) is 5.10 Å². The average molecular weight is 409 g/mol. The van der Waals surface area contributed by atoms with Crippen molar-refractivity contribution in [2.45, 2.75) is 65.3 Å². The van der Waals surface area contributed by atoms with Crippen LogP contribution in [0.1, 0.15) is 58.4 Å². The first-order valence-corrected chi connectivity index (χ1v) is 10.7. The van der Waals surface area contributed by atoms with Crippen molar-refractivity contribution < 1.29 is 4.79 Å². The smallest absolute Gasteiger partial charge is 0.220 e. The molecule has 0 aliphatic carbocycles. The molecule has 0 bridgehead atoms. The summed E-state index contributed by atoms with van der Waals surface area (Å²) in [5.74, 6) is 0.473. The Morgan fingerprint density at radius 1 is 1.13 bits per heavy atom. The minimum Gasteiger partial charge on any atom is -0.383 e. The molecule has 30 heavy (non-hydrogen) atoms. The molecule has 0 radical (unpaired) electrons. The second-order valence-electron chi connectivity index (χ2n) is 8.48. The fraction of sp³-hybridized carbons (Fsp3) is 0.478. The van der Waals surface area contributed by atoms with Crippen LogP contribution in [0.25, 0.3) is 22.3 Å². The van der Waals surface area contributed by atoms with E-state index in [0.29, 0.717) is 24.4 Å². The number of nitrogens with one attached hydrogen (secondary N) is 1. The molecule has 0 aliphatic heterocycles. The van der Waals surface area contributed by atoms with Crippen LogP contribution in [0.15, 0.2) is 30.6 Å². The van der Waals surface area contributed by atoms with Gasteiger partial charge in [-0.25, -0.2) is 14.6 Å². The first-order valence-electron chi connectivity index (χ1n) is 10.7. The van der Waals surface area contributed by atoms with Gasteiger partial charge in [0.1, 0.15) is 17.8 Å². The zero-order valence-corrected chi connectivity index (χ0v) is 18.4. The Hall–Kier alpha value is -2.96. The van der Waals surface area contributed by atoms with E-state index < -0.39 is 5.54 Å². The molecular weight excluding hydrogens is 376 g/mol. The molecule has 0 saturated heterocycles. The van der Waals surface area contributed by atoms with Crippen LogP contribution in [-0.4, -0.2) is 32.2 Å². The van der Waals surface area contributed by atoms with Gasteiger partial charge >= 0.3 is 0 Å². The fourth-order valence-electron chi connectivity index (χ4n) is 3.50. The Morgan fingerprint density at radius 3 is 2.57 bits per heavy atom. The van der Waals surface area contributed by atoms with Crippen LogP contribution in [0.5, 0.6) is 0 Å². The van der Waals surface area contributed by atoms with Gasteiger partial charge in [0.25, 0.3) is 0 Å². The summed E-state index contributed by atoms with van der Waals surface area (Å²) in [4.78, 5) is 20.9. The van der Waals surface area contributed by atoms with E-state index in [-0.39, 0.29) is 5.91 Å². The first-order chi connectivity index (χ1) is 14.3. The van der Waals surface area contributed by atoms with Crippen LogP contribution in [0.3, 0.4) is 0 Å². The topological polar surface area (TPSA) is 98.7 Å². The van der Waals surface area contributed by atoms with Gasteiger partial charge in [0.15, 0.2) is 5.65 Å². The highest BCUT2D eigenvalue weighted by atomic mass is 16.1. The summed E-state index contributed by atoms with van der Waals surface area (Å²) < 4.78 is 1.85. The summed E-state index contributed by atoms with van der Waals surface area (Å²) in [6.45, 7) is 8.74. The highest BCUT2D eigenvalue weighted by Crippen LogP contribution is 2.32. The molecule has 0 unspecified atom stereocenters. The molecule has 3 aromatic rings. The molecule has 1 aromatic carbocycles. The van der Waals surface area contributed by atoms with E-state index in [1.165, 1.54) is 18.3 Å². The van der Waals surface area contributed by atoms with Gasteiger partial charge in [-0.05, 0) is 27.2 Å². The lowest BCUT2D eigenvalue weighted by molar-refractivity contribution is -0.121. The Bertz CT molecular complexity index is 1010. The van der Waals surface area contributed by atoms with E-state index >= 15 is 0 Å². The second kappa shape index (κ2) is 9.24. The van der Waals surface area contributed by atoms with Gasteiger partial charge in [0.2, 0.25) is 5.91 Å². The molecule has 1 amide bonds. The van der Waals surface area contributed by atoms with Gasteiger partial charge in [0.05, 0.1) is 10.9 Å². The van der Waals surface area contributed by atoms with E-state index in [9.17, 15) is 4.79 Å². The number of fused-ring (bicyclic) bond motifs is 1. The van der Waals surface area contributed by atoms with E-state index in [4.69, 9.17) is 10.8 Å². The molecular formula is C23H32N6O. The summed E-state index contributed by atoms with van der Waals surface area (Å²) in [6, 6.07) is 8.14. The number of nitrogens with zero attached hydrogens (tertiary/aromatic N) is 4. The molecule has 0 atom stereocenters. The number of aromatic nitrogens is 4. The Balaban J connectivity index is 1.87. The normalized spacial score (nSPS) is 11.7. The molecule has 7 nitrogen and oxygen atoms in total. The standard InChI is InChI=1S/C23H32N6O/c1-5-6-7-8-9-18(30)25-14-23(3,4)29-22-19(21(24)26-15-27-22)20(28-29)17-12-10-16(2)11-13-17/h10-13,15H,5-9,14H2,1-4H3,(H,25,30)(H2,24,26,27). The molecule has 0 spiro atoms. The van der Waals surface area contributed by atoms with Crippen LogP contribution < -0.4 is 11.1 Å². The van der Waals surface area contributed by atoms with Crippen LogP contribution in [-0.2, 0) is 10.3 Å². The van der Waals surface area contributed by atoms with Gasteiger partial charge in [-0.15, -0.1) is 0 Å². The van der Waals surface area contributed by atoms with Gasteiger partial charge < -0.3 is 11.1 Å². The van der Waals surface area contributed by atoms with Crippen molar-refractivity contribution in [2.24, 2.45) is 0 Å². The zero-order valence-electron chi connectivity index (χ0n) is 18.4. The van der Waals surface area contributed by atoms with E-state index in [1.54, 1.807) is 0 Å². The lowest BCUT2D eigenvalue weighted by Crippen LogP contribution is -2.41. The highest BCUT2D eigenvalue weighted by Gasteiger charge is 2.28. The summed E-state index contributed by atoms with van der Waals surface area (Å²) in [5, 5.41) is 8.67. The average Bonchev–Trinajstić information content (AvgIpc) is 3.12. The number of anilines is 1. The number of hydrogen-bond acceptors (Lipinski definition) is 5. The maximum absolute atomic E-state index is 12.3. The molecule has 3 N–H and O–H groups in total. The van der Waals surface area contributed by atoms with Crippen LogP contribution in [0.2, 0.25) is 0 Å². The number of carbonyl (C=O) groups excluding carboxylic acids is 1. The molecule has 0 fully saturated rings. The molecule has 0 aliphatic rings. The van der Waals surface area contributed by atoms with Crippen LogP contribution >= 0.6 is 0 Å². The lowest BCUT2D eigenvalue weighted by atomic mass is 10.1. The monoisotopic (exact) mass is 408 g/mol. The van der Waals surface area contributed by atoms with Gasteiger partial charge in [-0.1, -0.05) is 56.0 Å².